The minimum Gasteiger partial charge on any atom is -0.376 e. The van der Waals surface area contributed by atoms with Crippen molar-refractivity contribution in [1.82, 2.24) is 10.3 Å². The van der Waals surface area contributed by atoms with Crippen LogP contribution < -0.4 is 4.18 Å². The molecule has 0 bridgehead atoms. The summed E-state index contributed by atoms with van der Waals surface area (Å²) in [7, 11) is -5.68. The number of nitrogens with zero attached hydrogens (tertiary/aromatic N) is 2. The summed E-state index contributed by atoms with van der Waals surface area (Å²) in [5.74, 6) is -0.523. The Balaban J connectivity index is 2.36. The standard InChI is InChI=1S/C7H3F3N2O4S/c8-7(9,10)17(13,14)15-4-1-2-5-6(3-4)12-16-11-5/h1-3H. The van der Waals surface area contributed by atoms with Crippen LogP contribution in [0.3, 0.4) is 0 Å². The maximum Gasteiger partial charge on any atom is 0.534 e. The average molecular weight is 268 g/mol. The average Bonchev–Trinajstić information content (AvgIpc) is 2.62. The van der Waals surface area contributed by atoms with Crippen molar-refractivity contribution in [1.29, 1.82) is 0 Å². The van der Waals surface area contributed by atoms with Crippen molar-refractivity contribution in [2.45, 2.75) is 5.51 Å². The largest absolute Gasteiger partial charge is 0.534 e. The Labute approximate surface area is 92.1 Å². The molecule has 0 aliphatic heterocycles. The fourth-order valence-corrected chi connectivity index (χ4v) is 1.44. The molecule has 0 amide bonds. The summed E-state index contributed by atoms with van der Waals surface area (Å²) in [5, 5.41) is 6.72. The molecule has 2 rings (SSSR count). The van der Waals surface area contributed by atoms with Gasteiger partial charge in [0.1, 0.15) is 16.8 Å². The van der Waals surface area contributed by atoms with Crippen molar-refractivity contribution in [3.05, 3.63) is 18.2 Å². The van der Waals surface area contributed by atoms with Crippen LogP contribution in [0.1, 0.15) is 0 Å². The lowest BCUT2D eigenvalue weighted by Gasteiger charge is -2.08. The molecule has 0 saturated heterocycles. The molecule has 0 unspecified atom stereocenters. The second-order valence-electron chi connectivity index (χ2n) is 2.90. The Kier molecular flexibility index (Phi) is 2.45. The second kappa shape index (κ2) is 3.58. The maximum absolute atomic E-state index is 12.0. The minimum atomic E-state index is -5.68. The van der Waals surface area contributed by atoms with Crippen molar-refractivity contribution in [2.75, 3.05) is 0 Å². The summed E-state index contributed by atoms with van der Waals surface area (Å²) in [4.78, 5) is 0. The summed E-state index contributed by atoms with van der Waals surface area (Å²) < 4.78 is 65.6. The molecule has 0 aliphatic rings. The molecule has 1 heterocycles. The van der Waals surface area contributed by atoms with Crippen molar-refractivity contribution in [3.8, 4) is 5.75 Å². The first-order valence-electron chi connectivity index (χ1n) is 4.03. The van der Waals surface area contributed by atoms with E-state index < -0.39 is 21.4 Å². The van der Waals surface area contributed by atoms with Crippen LogP contribution >= 0.6 is 0 Å². The van der Waals surface area contributed by atoms with Gasteiger partial charge < -0.3 is 4.18 Å². The van der Waals surface area contributed by atoms with Crippen LogP contribution in [0.25, 0.3) is 11.0 Å². The van der Waals surface area contributed by atoms with E-state index in [0.29, 0.717) is 0 Å². The van der Waals surface area contributed by atoms with Gasteiger partial charge in [0.05, 0.1) is 0 Å². The monoisotopic (exact) mass is 268 g/mol. The van der Waals surface area contributed by atoms with Crippen LogP contribution in [0, 0.1) is 0 Å². The third-order valence-electron chi connectivity index (χ3n) is 1.71. The lowest BCUT2D eigenvalue weighted by molar-refractivity contribution is -0.0500. The minimum absolute atomic E-state index is 0.0832. The van der Waals surface area contributed by atoms with E-state index in [0.717, 1.165) is 12.1 Å². The number of fused-ring (bicyclic) bond motifs is 1. The first-order chi connectivity index (χ1) is 7.79. The Morgan fingerprint density at radius 2 is 1.82 bits per heavy atom. The highest BCUT2D eigenvalue weighted by atomic mass is 32.2. The summed E-state index contributed by atoms with van der Waals surface area (Å²) in [6, 6.07) is 3.19. The first kappa shape index (κ1) is 11.6. The van der Waals surface area contributed by atoms with Crippen LogP contribution in [-0.4, -0.2) is 24.2 Å². The predicted octanol–water partition coefficient (Wildman–Crippen LogP) is 1.45. The maximum atomic E-state index is 12.0. The predicted molar refractivity (Wildman–Crippen MR) is 47.4 cm³/mol. The molecule has 0 atom stereocenters. The lowest BCUT2D eigenvalue weighted by atomic mass is 10.3. The third-order valence-corrected chi connectivity index (χ3v) is 2.69. The number of hydrogen-bond donors (Lipinski definition) is 0. The Bertz CT molecular complexity index is 648. The summed E-state index contributed by atoms with van der Waals surface area (Å²) in [5.41, 5.74) is -5.13. The Morgan fingerprint density at radius 1 is 1.18 bits per heavy atom. The van der Waals surface area contributed by atoms with Crippen molar-refractivity contribution in [2.24, 2.45) is 0 Å². The number of rotatable bonds is 2. The van der Waals surface area contributed by atoms with E-state index in [2.05, 4.69) is 19.1 Å². The van der Waals surface area contributed by atoms with Crippen molar-refractivity contribution < 1.29 is 30.4 Å². The van der Waals surface area contributed by atoms with E-state index in [1.54, 1.807) is 0 Å². The fourth-order valence-electron chi connectivity index (χ4n) is 0.988. The molecule has 17 heavy (non-hydrogen) atoms. The highest BCUT2D eigenvalue weighted by Gasteiger charge is 2.48. The molecule has 92 valence electrons. The van der Waals surface area contributed by atoms with Gasteiger partial charge in [-0.25, -0.2) is 4.63 Å². The molecule has 0 saturated carbocycles. The molecule has 6 nitrogen and oxygen atoms in total. The van der Waals surface area contributed by atoms with E-state index in [1.807, 2.05) is 0 Å². The zero-order valence-corrected chi connectivity index (χ0v) is 8.62. The Morgan fingerprint density at radius 3 is 2.47 bits per heavy atom. The van der Waals surface area contributed by atoms with Gasteiger partial charge in [-0.3, -0.25) is 0 Å². The molecule has 1 aromatic heterocycles. The number of benzene rings is 1. The van der Waals surface area contributed by atoms with Crippen LogP contribution in [0.5, 0.6) is 5.75 Å². The van der Waals surface area contributed by atoms with Gasteiger partial charge in [-0.1, -0.05) is 0 Å². The van der Waals surface area contributed by atoms with Gasteiger partial charge >= 0.3 is 15.6 Å². The molecule has 0 aliphatic carbocycles. The molecular weight excluding hydrogens is 265 g/mol. The summed E-state index contributed by atoms with van der Waals surface area (Å²) in [6.45, 7) is 0. The van der Waals surface area contributed by atoms with E-state index >= 15 is 0 Å². The number of alkyl halides is 3. The molecular formula is C7H3F3N2O4S. The Hall–Kier alpha value is -1.84. The van der Waals surface area contributed by atoms with Gasteiger partial charge in [0.25, 0.3) is 0 Å². The van der Waals surface area contributed by atoms with Crippen LogP contribution in [0.2, 0.25) is 0 Å². The van der Waals surface area contributed by atoms with E-state index in [-0.39, 0.29) is 11.0 Å². The second-order valence-corrected chi connectivity index (χ2v) is 4.44. The van der Waals surface area contributed by atoms with Crippen molar-refractivity contribution >= 4 is 21.2 Å². The first-order valence-corrected chi connectivity index (χ1v) is 5.43. The number of aromatic nitrogens is 2. The van der Waals surface area contributed by atoms with Crippen LogP contribution in [0.4, 0.5) is 13.2 Å². The lowest BCUT2D eigenvalue weighted by Crippen LogP contribution is -2.28. The third kappa shape index (κ3) is 2.16. The van der Waals surface area contributed by atoms with Gasteiger partial charge in [0.2, 0.25) is 0 Å². The number of hydrogen-bond acceptors (Lipinski definition) is 6. The smallest absolute Gasteiger partial charge is 0.376 e. The van der Waals surface area contributed by atoms with Gasteiger partial charge in [0.15, 0.2) is 0 Å². The normalized spacial score (nSPS) is 12.9. The molecule has 0 N–H and O–H groups in total. The zero-order valence-electron chi connectivity index (χ0n) is 7.80. The summed E-state index contributed by atoms with van der Waals surface area (Å²) in [6.07, 6.45) is 0. The topological polar surface area (TPSA) is 82.3 Å². The molecule has 1 aromatic carbocycles. The van der Waals surface area contributed by atoms with E-state index in [1.165, 1.54) is 6.07 Å². The molecule has 0 fully saturated rings. The highest BCUT2D eigenvalue weighted by molar-refractivity contribution is 7.88. The molecule has 10 heteroatoms. The van der Waals surface area contributed by atoms with Crippen molar-refractivity contribution in [3.63, 3.8) is 0 Å². The SMILES string of the molecule is O=S(=O)(Oc1ccc2nonc2c1)C(F)(F)F. The zero-order chi connectivity index (χ0) is 12.7. The van der Waals surface area contributed by atoms with Crippen LogP contribution in [-0.2, 0) is 10.1 Å². The summed E-state index contributed by atoms with van der Waals surface area (Å²) >= 11 is 0. The van der Waals surface area contributed by atoms with E-state index in [4.69, 9.17) is 0 Å². The molecule has 0 spiro atoms. The molecule has 0 radical (unpaired) electrons. The van der Waals surface area contributed by atoms with Gasteiger partial charge in [-0.2, -0.15) is 21.6 Å². The molecule has 2 aromatic rings. The van der Waals surface area contributed by atoms with E-state index in [9.17, 15) is 21.6 Å². The van der Waals surface area contributed by atoms with Gasteiger partial charge in [0, 0.05) is 6.07 Å². The fraction of sp³-hybridized carbons (Fsp3) is 0.143. The van der Waals surface area contributed by atoms with Gasteiger partial charge in [-0.05, 0) is 22.4 Å². The highest BCUT2D eigenvalue weighted by Crippen LogP contribution is 2.27. The van der Waals surface area contributed by atoms with Gasteiger partial charge in [-0.15, -0.1) is 0 Å². The quantitative estimate of drug-likeness (QED) is 0.605. The number of halogens is 3. The van der Waals surface area contributed by atoms with Crippen LogP contribution in [0.15, 0.2) is 22.8 Å².